The highest BCUT2D eigenvalue weighted by Gasteiger charge is 2.17. The zero-order chi connectivity index (χ0) is 26.7. The molecule has 0 amide bonds. The standard InChI is InChI=1S/C25H21Br2N5O5/c1-4-14(2)24-30-20-7-5-16(26)11-18(20)25(33)31(24)29-12-15-9-19(27)23(21(10-15)36-3)37-22-8-6-17(13-28-22)32(34)35/h5-14H,4H2,1-3H3/t14-/m0/s1. The van der Waals surface area contributed by atoms with Crippen molar-refractivity contribution in [1.82, 2.24) is 14.6 Å². The fourth-order valence-electron chi connectivity index (χ4n) is 3.46. The number of hydrogen-bond donors (Lipinski definition) is 0. The molecule has 4 rings (SSSR count). The minimum atomic E-state index is -0.538. The van der Waals surface area contributed by atoms with Gasteiger partial charge in [0, 0.05) is 22.5 Å². The van der Waals surface area contributed by atoms with Gasteiger partial charge in [-0.3, -0.25) is 14.9 Å². The summed E-state index contributed by atoms with van der Waals surface area (Å²) in [6.07, 6.45) is 3.44. The molecule has 0 unspecified atom stereocenters. The Balaban J connectivity index is 1.72. The number of fused-ring (bicyclic) bond motifs is 1. The Bertz CT molecular complexity index is 1570. The van der Waals surface area contributed by atoms with Gasteiger partial charge in [-0.05, 0) is 58.2 Å². The molecular weight excluding hydrogens is 610 g/mol. The van der Waals surface area contributed by atoms with Crippen LogP contribution in [0.15, 0.2) is 67.5 Å². The zero-order valence-corrected chi connectivity index (χ0v) is 23.2. The molecular formula is C25H21Br2N5O5. The second-order valence-corrected chi connectivity index (χ2v) is 9.82. The first-order chi connectivity index (χ1) is 17.7. The van der Waals surface area contributed by atoms with Gasteiger partial charge in [0.05, 0.1) is 33.6 Å². The molecule has 2 aromatic carbocycles. The maximum atomic E-state index is 13.3. The second-order valence-electron chi connectivity index (χ2n) is 8.05. The lowest BCUT2D eigenvalue weighted by Gasteiger charge is -2.14. The van der Waals surface area contributed by atoms with E-state index in [1.54, 1.807) is 30.5 Å². The lowest BCUT2D eigenvalue weighted by molar-refractivity contribution is -0.385. The first-order valence-corrected chi connectivity index (χ1v) is 12.7. The normalized spacial score (nSPS) is 12.1. The number of nitro groups is 1. The van der Waals surface area contributed by atoms with Crippen molar-refractivity contribution in [3.05, 3.63) is 89.5 Å². The molecule has 10 nitrogen and oxygen atoms in total. The molecule has 0 saturated heterocycles. The van der Waals surface area contributed by atoms with Crippen LogP contribution in [0.3, 0.4) is 0 Å². The van der Waals surface area contributed by atoms with Crippen molar-refractivity contribution < 1.29 is 14.4 Å². The number of pyridine rings is 1. The molecule has 0 bridgehead atoms. The van der Waals surface area contributed by atoms with Gasteiger partial charge in [0.15, 0.2) is 11.5 Å². The van der Waals surface area contributed by atoms with Crippen LogP contribution in [0.1, 0.15) is 37.6 Å². The first-order valence-electron chi connectivity index (χ1n) is 11.1. The van der Waals surface area contributed by atoms with Gasteiger partial charge in [0.2, 0.25) is 5.88 Å². The highest BCUT2D eigenvalue weighted by molar-refractivity contribution is 9.10. The Morgan fingerprint density at radius 2 is 2.00 bits per heavy atom. The van der Waals surface area contributed by atoms with Crippen molar-refractivity contribution in [1.29, 1.82) is 0 Å². The van der Waals surface area contributed by atoms with Gasteiger partial charge < -0.3 is 9.47 Å². The quantitative estimate of drug-likeness (QED) is 0.125. The van der Waals surface area contributed by atoms with E-state index < -0.39 is 4.92 Å². The maximum Gasteiger partial charge on any atom is 0.287 e. The Morgan fingerprint density at radius 3 is 2.65 bits per heavy atom. The molecule has 0 N–H and O–H groups in total. The lowest BCUT2D eigenvalue weighted by atomic mass is 10.1. The molecule has 0 aliphatic carbocycles. The molecule has 2 heterocycles. The van der Waals surface area contributed by atoms with Gasteiger partial charge in [0.1, 0.15) is 12.0 Å². The van der Waals surface area contributed by atoms with Gasteiger partial charge in [-0.15, -0.1) is 0 Å². The highest BCUT2D eigenvalue weighted by Crippen LogP contribution is 2.39. The molecule has 0 spiro atoms. The summed E-state index contributed by atoms with van der Waals surface area (Å²) >= 11 is 6.89. The van der Waals surface area contributed by atoms with Crippen LogP contribution in [0.2, 0.25) is 0 Å². The van der Waals surface area contributed by atoms with E-state index in [0.29, 0.717) is 38.3 Å². The summed E-state index contributed by atoms with van der Waals surface area (Å²) in [5.41, 5.74) is 0.824. The predicted molar refractivity (Wildman–Crippen MR) is 147 cm³/mol. The zero-order valence-electron chi connectivity index (χ0n) is 20.0. The van der Waals surface area contributed by atoms with E-state index in [0.717, 1.165) is 17.1 Å². The van der Waals surface area contributed by atoms with Crippen molar-refractivity contribution in [2.45, 2.75) is 26.2 Å². The smallest absolute Gasteiger partial charge is 0.287 e. The van der Waals surface area contributed by atoms with Crippen LogP contribution in [0, 0.1) is 10.1 Å². The van der Waals surface area contributed by atoms with Gasteiger partial charge in [-0.1, -0.05) is 29.8 Å². The molecule has 190 valence electrons. The molecule has 0 fully saturated rings. The van der Waals surface area contributed by atoms with Crippen molar-refractivity contribution in [2.75, 3.05) is 7.11 Å². The third-order valence-corrected chi connectivity index (χ3v) is 6.68. The number of ether oxygens (including phenoxy) is 2. The summed E-state index contributed by atoms with van der Waals surface area (Å²) in [5.74, 6) is 1.42. The van der Waals surface area contributed by atoms with Crippen LogP contribution in [0.5, 0.6) is 17.4 Å². The van der Waals surface area contributed by atoms with Gasteiger partial charge in [0.25, 0.3) is 11.2 Å². The maximum absolute atomic E-state index is 13.3. The molecule has 2 aromatic heterocycles. The molecule has 0 aliphatic rings. The average Bonchev–Trinajstić information content (AvgIpc) is 2.89. The van der Waals surface area contributed by atoms with Crippen molar-refractivity contribution >= 4 is 54.7 Å². The van der Waals surface area contributed by atoms with Gasteiger partial charge in [-0.2, -0.15) is 9.78 Å². The predicted octanol–water partition coefficient (Wildman–Crippen LogP) is 6.42. The van der Waals surface area contributed by atoms with Crippen LogP contribution in [-0.4, -0.2) is 32.9 Å². The summed E-state index contributed by atoms with van der Waals surface area (Å²) in [4.78, 5) is 32.3. The first kappa shape index (κ1) is 26.4. The summed E-state index contributed by atoms with van der Waals surface area (Å²) in [7, 11) is 1.48. The van der Waals surface area contributed by atoms with Crippen LogP contribution in [-0.2, 0) is 0 Å². The Kier molecular flexibility index (Phi) is 7.98. The van der Waals surface area contributed by atoms with Gasteiger partial charge in [-0.25, -0.2) is 9.97 Å². The fourth-order valence-corrected chi connectivity index (χ4v) is 4.36. The van der Waals surface area contributed by atoms with Crippen LogP contribution in [0.4, 0.5) is 5.69 Å². The third kappa shape index (κ3) is 5.70. The fraction of sp³-hybridized carbons (Fsp3) is 0.200. The molecule has 0 aliphatic heterocycles. The van der Waals surface area contributed by atoms with Crippen molar-refractivity contribution in [2.24, 2.45) is 5.10 Å². The van der Waals surface area contributed by atoms with Crippen LogP contribution < -0.4 is 15.0 Å². The number of aromatic nitrogens is 3. The summed E-state index contributed by atoms with van der Waals surface area (Å²) in [6.45, 7) is 4.02. The molecule has 0 radical (unpaired) electrons. The average molecular weight is 631 g/mol. The van der Waals surface area contributed by atoms with Gasteiger partial charge >= 0.3 is 0 Å². The largest absolute Gasteiger partial charge is 0.493 e. The van der Waals surface area contributed by atoms with E-state index in [-0.39, 0.29) is 23.0 Å². The van der Waals surface area contributed by atoms with E-state index in [1.807, 2.05) is 19.9 Å². The number of hydrogen-bond acceptors (Lipinski definition) is 8. The molecule has 4 aromatic rings. The van der Waals surface area contributed by atoms with E-state index in [1.165, 1.54) is 23.9 Å². The summed E-state index contributed by atoms with van der Waals surface area (Å²) in [5, 5.41) is 15.8. The van der Waals surface area contributed by atoms with Crippen molar-refractivity contribution in [3.8, 4) is 17.4 Å². The molecule has 12 heteroatoms. The summed E-state index contributed by atoms with van der Waals surface area (Å²) in [6, 6.07) is 11.5. The lowest BCUT2D eigenvalue weighted by Crippen LogP contribution is -2.23. The van der Waals surface area contributed by atoms with E-state index in [4.69, 9.17) is 14.5 Å². The number of benzene rings is 2. The Hall–Kier alpha value is -3.64. The van der Waals surface area contributed by atoms with Crippen LogP contribution in [0.25, 0.3) is 10.9 Å². The third-order valence-electron chi connectivity index (χ3n) is 5.60. The molecule has 37 heavy (non-hydrogen) atoms. The highest BCUT2D eigenvalue weighted by atomic mass is 79.9. The monoisotopic (exact) mass is 629 g/mol. The van der Waals surface area contributed by atoms with E-state index in [2.05, 4.69) is 41.9 Å². The van der Waals surface area contributed by atoms with Crippen molar-refractivity contribution in [3.63, 3.8) is 0 Å². The molecule has 0 saturated carbocycles. The number of nitrogens with zero attached hydrogens (tertiary/aromatic N) is 5. The SMILES string of the molecule is CC[C@H](C)c1nc2ccc(Br)cc2c(=O)n1N=Cc1cc(Br)c(Oc2ccc([N+](=O)[O-])cn2)c(OC)c1. The number of halogens is 2. The minimum absolute atomic E-state index is 0.00383. The van der Waals surface area contributed by atoms with E-state index >= 15 is 0 Å². The topological polar surface area (TPSA) is 122 Å². The summed E-state index contributed by atoms with van der Waals surface area (Å²) < 4.78 is 13.9. The number of methoxy groups -OCH3 is 1. The minimum Gasteiger partial charge on any atom is -0.493 e. The van der Waals surface area contributed by atoms with Crippen LogP contribution >= 0.6 is 31.9 Å². The molecule has 1 atom stereocenters. The number of rotatable bonds is 8. The Morgan fingerprint density at radius 1 is 1.22 bits per heavy atom. The second kappa shape index (κ2) is 11.2. The van der Waals surface area contributed by atoms with E-state index in [9.17, 15) is 14.9 Å². The Labute approximate surface area is 228 Å².